The monoisotopic (exact) mass is 455 g/mol. The number of benzene rings is 2. The first-order chi connectivity index (χ1) is 14.6. The number of amides is 1. The molecule has 1 aliphatic carbocycles. The van der Waals surface area contributed by atoms with Gasteiger partial charge >= 0.3 is 0 Å². The molecule has 31 heavy (non-hydrogen) atoms. The number of carbonyl (C=O) groups is 1. The smallest absolute Gasteiger partial charge is 0.229 e. The van der Waals surface area contributed by atoms with Crippen LogP contribution in [0.2, 0.25) is 0 Å². The van der Waals surface area contributed by atoms with E-state index in [-0.39, 0.29) is 17.7 Å². The van der Waals surface area contributed by atoms with E-state index in [9.17, 15) is 13.2 Å². The Morgan fingerprint density at radius 2 is 1.97 bits per heavy atom. The highest BCUT2D eigenvalue weighted by Crippen LogP contribution is 2.48. The summed E-state index contributed by atoms with van der Waals surface area (Å²) < 4.78 is 24.0. The molecule has 162 valence electrons. The number of aryl methyl sites for hydroxylation is 1. The third-order valence-corrected chi connectivity index (χ3v) is 7.56. The van der Waals surface area contributed by atoms with Crippen molar-refractivity contribution in [2.45, 2.75) is 24.2 Å². The zero-order chi connectivity index (χ0) is 22.3. The zero-order valence-electron chi connectivity index (χ0n) is 17.9. The van der Waals surface area contributed by atoms with Gasteiger partial charge in [-0.1, -0.05) is 24.3 Å². The number of nitrogens with one attached hydrogen (secondary N) is 1. The van der Waals surface area contributed by atoms with Gasteiger partial charge in [0.2, 0.25) is 5.91 Å². The molecule has 1 amide bonds. The van der Waals surface area contributed by atoms with Gasteiger partial charge in [-0.3, -0.25) is 4.79 Å². The highest BCUT2D eigenvalue weighted by Gasteiger charge is 2.44. The molecule has 0 aliphatic heterocycles. The second-order valence-electron chi connectivity index (χ2n) is 8.22. The minimum Gasteiger partial charge on any atom is -0.378 e. The normalized spacial score (nSPS) is 17.9. The number of hydrogen-bond donors (Lipinski definition) is 1. The molecule has 0 spiro atoms. The Labute approximate surface area is 186 Å². The third kappa shape index (κ3) is 4.65. The predicted molar refractivity (Wildman–Crippen MR) is 126 cm³/mol. The molecule has 2 aromatic carbocycles. The summed E-state index contributed by atoms with van der Waals surface area (Å²) in [4.78, 5) is 19.7. The van der Waals surface area contributed by atoms with Crippen LogP contribution < -0.4 is 10.2 Å². The largest absolute Gasteiger partial charge is 0.378 e. The quantitative estimate of drug-likeness (QED) is 0.598. The molecule has 1 saturated carbocycles. The van der Waals surface area contributed by atoms with E-state index in [1.807, 2.05) is 54.7 Å². The molecule has 8 heteroatoms. The van der Waals surface area contributed by atoms with E-state index in [0.717, 1.165) is 28.1 Å². The molecule has 3 aromatic rings. The van der Waals surface area contributed by atoms with Crippen molar-refractivity contribution in [1.29, 1.82) is 0 Å². The fourth-order valence-corrected chi connectivity index (χ4v) is 5.43. The van der Waals surface area contributed by atoms with Gasteiger partial charge in [0.25, 0.3) is 0 Å². The summed E-state index contributed by atoms with van der Waals surface area (Å²) in [7, 11) is 0.690. The Hall–Kier alpha value is -2.71. The lowest BCUT2D eigenvalue weighted by Gasteiger charge is -2.12. The standard InChI is InChI=1S/C23H25N3O3S2/c1-14-8-9-15(11-21(14)31(4,28)29)18-12-19(18)22(27)25-23-24-20(13-30-23)16-6-5-7-17(10-16)26(2)3/h5-11,13,18-19H,12H2,1-4H3,(H,24,25,27)/t18-,19-/m0/s1. The number of thiazole rings is 1. The second kappa shape index (κ2) is 8.09. The SMILES string of the molecule is Cc1ccc([C@@H]2C[C@@H]2C(=O)Nc2nc(-c3cccc(N(C)C)c3)cs2)cc1S(C)(=O)=O. The fraction of sp³-hybridized carbons (Fsp3) is 0.304. The molecule has 6 nitrogen and oxygen atoms in total. The average Bonchev–Trinajstić information content (AvgIpc) is 3.39. The summed E-state index contributed by atoms with van der Waals surface area (Å²) in [6.45, 7) is 1.78. The maximum Gasteiger partial charge on any atom is 0.229 e. The lowest BCUT2D eigenvalue weighted by molar-refractivity contribution is -0.117. The maximum atomic E-state index is 12.7. The molecular formula is C23H25N3O3S2. The number of carbonyl (C=O) groups excluding carboxylic acids is 1. The number of nitrogens with zero attached hydrogens (tertiary/aromatic N) is 2. The average molecular weight is 456 g/mol. The first kappa shape index (κ1) is 21.5. The summed E-state index contributed by atoms with van der Waals surface area (Å²) in [6.07, 6.45) is 1.92. The van der Waals surface area contributed by atoms with Crippen molar-refractivity contribution in [3.8, 4) is 11.3 Å². The summed E-state index contributed by atoms with van der Waals surface area (Å²) in [5, 5.41) is 5.44. The first-order valence-corrected chi connectivity index (χ1v) is 12.8. The number of hydrogen-bond acceptors (Lipinski definition) is 6. The van der Waals surface area contributed by atoms with Crippen LogP contribution in [0.15, 0.2) is 52.7 Å². The van der Waals surface area contributed by atoms with Gasteiger partial charge in [0.05, 0.1) is 10.6 Å². The minimum atomic E-state index is -3.29. The summed E-state index contributed by atoms with van der Waals surface area (Å²) in [5.74, 6) is -0.203. The van der Waals surface area contributed by atoms with Crippen LogP contribution >= 0.6 is 11.3 Å². The van der Waals surface area contributed by atoms with Gasteiger partial charge in [-0.15, -0.1) is 11.3 Å². The molecule has 2 atom stereocenters. The fourth-order valence-electron chi connectivity index (χ4n) is 3.71. The molecular weight excluding hydrogens is 430 g/mol. The van der Waals surface area contributed by atoms with Gasteiger partial charge < -0.3 is 10.2 Å². The highest BCUT2D eigenvalue weighted by molar-refractivity contribution is 7.90. The third-order valence-electron chi connectivity index (χ3n) is 5.56. The van der Waals surface area contributed by atoms with Crippen molar-refractivity contribution in [2.75, 3.05) is 30.6 Å². The van der Waals surface area contributed by atoms with E-state index in [1.165, 1.54) is 17.6 Å². The Morgan fingerprint density at radius 1 is 1.19 bits per heavy atom. The number of rotatable bonds is 6. The molecule has 4 rings (SSSR count). The Bertz CT molecular complexity index is 1250. The van der Waals surface area contributed by atoms with Gasteiger partial charge in [-0.25, -0.2) is 13.4 Å². The van der Waals surface area contributed by atoms with Crippen molar-refractivity contribution < 1.29 is 13.2 Å². The van der Waals surface area contributed by atoms with Crippen LogP contribution in [0.1, 0.15) is 23.5 Å². The van der Waals surface area contributed by atoms with Crippen LogP contribution in [-0.2, 0) is 14.6 Å². The van der Waals surface area contributed by atoms with Crippen molar-refractivity contribution >= 4 is 37.9 Å². The van der Waals surface area contributed by atoms with Gasteiger partial charge in [-0.2, -0.15) is 0 Å². The minimum absolute atomic E-state index is 0.0392. The highest BCUT2D eigenvalue weighted by atomic mass is 32.2. The van der Waals surface area contributed by atoms with Crippen molar-refractivity contribution in [1.82, 2.24) is 4.98 Å². The Kier molecular flexibility index (Phi) is 5.61. The van der Waals surface area contributed by atoms with Crippen molar-refractivity contribution in [2.24, 2.45) is 5.92 Å². The topological polar surface area (TPSA) is 79.4 Å². The molecule has 0 unspecified atom stereocenters. The van der Waals surface area contributed by atoms with Crippen LogP contribution in [0, 0.1) is 12.8 Å². The molecule has 0 bridgehead atoms. The molecule has 0 radical (unpaired) electrons. The van der Waals surface area contributed by atoms with Crippen LogP contribution in [-0.4, -0.2) is 39.7 Å². The second-order valence-corrected chi connectivity index (χ2v) is 11.1. The molecule has 1 aromatic heterocycles. The van der Waals surface area contributed by atoms with Crippen LogP contribution in [0.5, 0.6) is 0 Å². The van der Waals surface area contributed by atoms with E-state index in [4.69, 9.17) is 0 Å². The molecule has 1 N–H and O–H groups in total. The van der Waals surface area contributed by atoms with Crippen LogP contribution in [0.3, 0.4) is 0 Å². The van der Waals surface area contributed by atoms with Gasteiger partial charge in [0, 0.05) is 42.9 Å². The Morgan fingerprint density at radius 3 is 2.68 bits per heavy atom. The summed E-state index contributed by atoms with van der Waals surface area (Å²) in [6, 6.07) is 13.5. The molecule has 1 aliphatic rings. The van der Waals surface area contributed by atoms with Gasteiger partial charge in [0.1, 0.15) is 0 Å². The van der Waals surface area contributed by atoms with Crippen molar-refractivity contribution in [3.63, 3.8) is 0 Å². The maximum absolute atomic E-state index is 12.7. The van der Waals surface area contributed by atoms with E-state index in [0.29, 0.717) is 16.4 Å². The van der Waals surface area contributed by atoms with Gasteiger partial charge in [-0.05, 0) is 48.6 Å². The number of sulfone groups is 1. The molecule has 1 heterocycles. The lowest BCUT2D eigenvalue weighted by atomic mass is 10.1. The van der Waals surface area contributed by atoms with Crippen molar-refractivity contribution in [3.05, 3.63) is 59.0 Å². The van der Waals surface area contributed by atoms with E-state index in [2.05, 4.69) is 16.4 Å². The van der Waals surface area contributed by atoms with E-state index >= 15 is 0 Å². The lowest BCUT2D eigenvalue weighted by Crippen LogP contribution is -2.14. The molecule has 0 saturated heterocycles. The number of anilines is 2. The summed E-state index contributed by atoms with van der Waals surface area (Å²) in [5.41, 5.74) is 4.53. The Balaban J connectivity index is 1.45. The van der Waals surface area contributed by atoms with E-state index < -0.39 is 9.84 Å². The van der Waals surface area contributed by atoms with Crippen LogP contribution in [0.25, 0.3) is 11.3 Å². The van der Waals surface area contributed by atoms with E-state index in [1.54, 1.807) is 13.0 Å². The zero-order valence-corrected chi connectivity index (χ0v) is 19.5. The number of aromatic nitrogens is 1. The van der Waals surface area contributed by atoms with Gasteiger partial charge in [0.15, 0.2) is 15.0 Å². The predicted octanol–water partition coefficient (Wildman–Crippen LogP) is 4.33. The first-order valence-electron chi connectivity index (χ1n) is 9.98. The molecule has 1 fully saturated rings. The van der Waals surface area contributed by atoms with Crippen LogP contribution in [0.4, 0.5) is 10.8 Å². The summed E-state index contributed by atoms with van der Waals surface area (Å²) >= 11 is 1.40.